The van der Waals surface area contributed by atoms with Gasteiger partial charge in [-0.15, -0.1) is 0 Å². The van der Waals surface area contributed by atoms with E-state index >= 15 is 0 Å². The summed E-state index contributed by atoms with van der Waals surface area (Å²) in [5.74, 6) is 0.813. The highest BCUT2D eigenvalue weighted by atomic mass is 16.3. The van der Waals surface area contributed by atoms with Gasteiger partial charge in [-0.3, -0.25) is 0 Å². The molecule has 1 N–H and O–H groups in total. The van der Waals surface area contributed by atoms with Gasteiger partial charge in [0.15, 0.2) is 11.5 Å². The molecule has 78 valence electrons. The van der Waals surface area contributed by atoms with E-state index in [0.29, 0.717) is 6.04 Å². The maximum atomic E-state index is 5.55. The number of anilines is 1. The zero-order valence-corrected chi connectivity index (χ0v) is 8.79. The lowest BCUT2D eigenvalue weighted by Crippen LogP contribution is -1.99. The Balaban J connectivity index is 1.96. The van der Waals surface area contributed by atoms with E-state index in [1.165, 1.54) is 12.8 Å². The predicted octanol–water partition coefficient (Wildman–Crippen LogP) is 2.96. The Morgan fingerprint density at radius 3 is 3.07 bits per heavy atom. The number of benzene rings is 1. The molecule has 1 saturated carbocycles. The van der Waals surface area contributed by atoms with Gasteiger partial charge in [0, 0.05) is 18.2 Å². The Morgan fingerprint density at radius 1 is 1.47 bits per heavy atom. The van der Waals surface area contributed by atoms with Crippen molar-refractivity contribution >= 4 is 16.8 Å². The second-order valence-corrected chi connectivity index (χ2v) is 4.06. The van der Waals surface area contributed by atoms with Crippen LogP contribution in [0.4, 0.5) is 5.69 Å². The highest BCUT2D eigenvalue weighted by molar-refractivity contribution is 5.77. The topological polar surface area (TPSA) is 38.1 Å². The molecule has 2 aromatic rings. The number of nitrogens with one attached hydrogen (secondary N) is 1. The Hall–Kier alpha value is -1.51. The van der Waals surface area contributed by atoms with Crippen LogP contribution in [0.3, 0.4) is 0 Å². The van der Waals surface area contributed by atoms with Crippen LogP contribution in [0.15, 0.2) is 22.6 Å². The van der Waals surface area contributed by atoms with E-state index in [9.17, 15) is 0 Å². The third-order valence-corrected chi connectivity index (χ3v) is 2.68. The number of hydrogen-bond donors (Lipinski definition) is 1. The molecule has 1 aromatic heterocycles. The van der Waals surface area contributed by atoms with Crippen molar-refractivity contribution in [3.63, 3.8) is 0 Å². The molecule has 0 saturated heterocycles. The largest absolute Gasteiger partial charge is 0.441 e. The Kier molecular flexibility index (Phi) is 1.91. The van der Waals surface area contributed by atoms with E-state index in [1.807, 2.05) is 13.0 Å². The number of oxazole rings is 1. The fourth-order valence-corrected chi connectivity index (χ4v) is 1.68. The summed E-state index contributed by atoms with van der Waals surface area (Å²) in [5.41, 5.74) is 2.99. The van der Waals surface area contributed by atoms with Gasteiger partial charge in [0.05, 0.1) is 0 Å². The van der Waals surface area contributed by atoms with E-state index in [0.717, 1.165) is 29.1 Å². The van der Waals surface area contributed by atoms with Crippen molar-refractivity contribution in [2.24, 2.45) is 0 Å². The lowest BCUT2D eigenvalue weighted by Gasteiger charge is -2.02. The van der Waals surface area contributed by atoms with Gasteiger partial charge in [0.1, 0.15) is 5.52 Å². The first kappa shape index (κ1) is 8.77. The van der Waals surface area contributed by atoms with Crippen LogP contribution in [0.2, 0.25) is 0 Å². The van der Waals surface area contributed by atoms with Crippen molar-refractivity contribution < 1.29 is 4.42 Å². The molecular formula is C12H14N2O. The normalized spacial score (nSPS) is 15.8. The molecule has 0 aliphatic heterocycles. The van der Waals surface area contributed by atoms with Crippen LogP contribution in [0, 0.1) is 0 Å². The molecule has 0 bridgehead atoms. The van der Waals surface area contributed by atoms with Crippen molar-refractivity contribution in [1.82, 2.24) is 4.98 Å². The van der Waals surface area contributed by atoms with E-state index in [-0.39, 0.29) is 0 Å². The highest BCUT2D eigenvalue weighted by Crippen LogP contribution is 2.27. The zero-order valence-electron chi connectivity index (χ0n) is 8.79. The van der Waals surface area contributed by atoms with Crippen molar-refractivity contribution in [2.75, 3.05) is 5.32 Å². The molecule has 15 heavy (non-hydrogen) atoms. The van der Waals surface area contributed by atoms with Crippen LogP contribution in [-0.2, 0) is 6.42 Å². The second kappa shape index (κ2) is 3.26. The van der Waals surface area contributed by atoms with Crippen LogP contribution in [0.5, 0.6) is 0 Å². The van der Waals surface area contributed by atoms with Crippen molar-refractivity contribution in [2.45, 2.75) is 32.2 Å². The van der Waals surface area contributed by atoms with Crippen LogP contribution < -0.4 is 5.32 Å². The summed E-state index contributed by atoms with van der Waals surface area (Å²) in [4.78, 5) is 4.41. The van der Waals surface area contributed by atoms with Crippen LogP contribution in [0.1, 0.15) is 25.7 Å². The van der Waals surface area contributed by atoms with E-state index in [4.69, 9.17) is 4.42 Å². The quantitative estimate of drug-likeness (QED) is 0.831. The van der Waals surface area contributed by atoms with Gasteiger partial charge in [-0.25, -0.2) is 4.98 Å². The van der Waals surface area contributed by atoms with Crippen LogP contribution >= 0.6 is 0 Å². The maximum absolute atomic E-state index is 5.55. The Morgan fingerprint density at radius 2 is 2.33 bits per heavy atom. The van der Waals surface area contributed by atoms with Gasteiger partial charge in [0.25, 0.3) is 0 Å². The molecular weight excluding hydrogens is 188 g/mol. The first-order valence-electron chi connectivity index (χ1n) is 5.51. The first-order valence-corrected chi connectivity index (χ1v) is 5.51. The molecule has 3 nitrogen and oxygen atoms in total. The average molecular weight is 202 g/mol. The van der Waals surface area contributed by atoms with Crippen molar-refractivity contribution in [1.29, 1.82) is 0 Å². The van der Waals surface area contributed by atoms with Gasteiger partial charge in [-0.2, -0.15) is 0 Å². The lowest BCUT2D eigenvalue weighted by molar-refractivity contribution is 0.538. The molecule has 1 aliphatic rings. The minimum Gasteiger partial charge on any atom is -0.441 e. The molecule has 3 rings (SSSR count). The third kappa shape index (κ3) is 1.69. The SMILES string of the molecule is CCc1nc2cc(NC3CC3)ccc2o1. The number of aryl methyl sites for hydroxylation is 1. The summed E-state index contributed by atoms with van der Waals surface area (Å²) in [6.45, 7) is 2.05. The summed E-state index contributed by atoms with van der Waals surface area (Å²) < 4.78 is 5.55. The molecule has 0 atom stereocenters. The number of nitrogens with zero attached hydrogens (tertiary/aromatic N) is 1. The van der Waals surface area contributed by atoms with Gasteiger partial charge in [-0.05, 0) is 31.0 Å². The second-order valence-electron chi connectivity index (χ2n) is 4.06. The zero-order chi connectivity index (χ0) is 10.3. The minimum atomic E-state index is 0.681. The lowest BCUT2D eigenvalue weighted by atomic mass is 10.3. The molecule has 3 heteroatoms. The first-order chi connectivity index (χ1) is 7.35. The summed E-state index contributed by atoms with van der Waals surface area (Å²) in [6.07, 6.45) is 3.42. The van der Waals surface area contributed by atoms with Crippen molar-refractivity contribution in [3.05, 3.63) is 24.1 Å². The van der Waals surface area contributed by atoms with E-state index in [2.05, 4.69) is 22.4 Å². The van der Waals surface area contributed by atoms with Gasteiger partial charge in [-0.1, -0.05) is 6.92 Å². The Bertz CT molecular complexity index is 485. The third-order valence-electron chi connectivity index (χ3n) is 2.68. The number of rotatable bonds is 3. The van der Waals surface area contributed by atoms with Gasteiger partial charge < -0.3 is 9.73 Å². The highest BCUT2D eigenvalue weighted by Gasteiger charge is 2.20. The number of fused-ring (bicyclic) bond motifs is 1. The number of aromatic nitrogens is 1. The molecule has 1 fully saturated rings. The Labute approximate surface area is 88.5 Å². The van der Waals surface area contributed by atoms with E-state index < -0.39 is 0 Å². The predicted molar refractivity (Wildman–Crippen MR) is 60.0 cm³/mol. The molecule has 0 amide bonds. The molecule has 0 unspecified atom stereocenters. The maximum Gasteiger partial charge on any atom is 0.195 e. The van der Waals surface area contributed by atoms with Gasteiger partial charge >= 0.3 is 0 Å². The summed E-state index contributed by atoms with van der Waals surface area (Å²) in [5, 5.41) is 3.45. The van der Waals surface area contributed by atoms with Gasteiger partial charge in [0.2, 0.25) is 0 Å². The van der Waals surface area contributed by atoms with Crippen LogP contribution in [-0.4, -0.2) is 11.0 Å². The summed E-state index contributed by atoms with van der Waals surface area (Å²) >= 11 is 0. The molecule has 1 aliphatic carbocycles. The summed E-state index contributed by atoms with van der Waals surface area (Å²) in [7, 11) is 0. The number of hydrogen-bond acceptors (Lipinski definition) is 3. The monoisotopic (exact) mass is 202 g/mol. The molecule has 1 aromatic carbocycles. The molecule has 0 spiro atoms. The standard InChI is InChI=1S/C12H14N2O/c1-2-12-14-10-7-9(13-8-3-4-8)5-6-11(10)15-12/h5-8,13H,2-4H2,1H3. The van der Waals surface area contributed by atoms with E-state index in [1.54, 1.807) is 0 Å². The smallest absolute Gasteiger partial charge is 0.195 e. The average Bonchev–Trinajstić information content (AvgIpc) is 2.96. The van der Waals surface area contributed by atoms with Crippen molar-refractivity contribution in [3.8, 4) is 0 Å². The minimum absolute atomic E-state index is 0.681. The molecule has 1 heterocycles. The fourth-order valence-electron chi connectivity index (χ4n) is 1.68. The van der Waals surface area contributed by atoms with Crippen LogP contribution in [0.25, 0.3) is 11.1 Å². The molecule has 0 radical (unpaired) electrons. The summed E-state index contributed by atoms with van der Waals surface area (Å²) in [6, 6.07) is 6.80. The fraction of sp³-hybridized carbons (Fsp3) is 0.417.